The summed E-state index contributed by atoms with van der Waals surface area (Å²) in [5, 5.41) is 0. The van der Waals surface area contributed by atoms with E-state index in [1.807, 2.05) is 12.3 Å². The normalized spacial score (nSPS) is 13.0. The summed E-state index contributed by atoms with van der Waals surface area (Å²) >= 11 is 0. The van der Waals surface area contributed by atoms with E-state index in [1.165, 1.54) is 5.56 Å². The van der Waals surface area contributed by atoms with Crippen LogP contribution >= 0.6 is 0 Å². The molecule has 0 bridgehead atoms. The largest absolute Gasteiger partial charge is 0.296 e. The van der Waals surface area contributed by atoms with Crippen molar-refractivity contribution in [2.24, 2.45) is 10.4 Å². The Morgan fingerprint density at radius 1 is 1.18 bits per heavy atom. The molecule has 0 saturated carbocycles. The number of rotatable bonds is 6. The molecular weight excluding hydrogens is 266 g/mol. The molecule has 1 heteroatoms. The summed E-state index contributed by atoms with van der Waals surface area (Å²) in [7, 11) is 1.77. The van der Waals surface area contributed by atoms with Crippen LogP contribution < -0.4 is 0 Å². The van der Waals surface area contributed by atoms with Gasteiger partial charge in [0.05, 0.1) is 0 Å². The van der Waals surface area contributed by atoms with E-state index in [0.717, 1.165) is 23.1 Å². The molecule has 0 radical (unpaired) electrons. The lowest BCUT2D eigenvalue weighted by Gasteiger charge is -2.11. The molecule has 0 aromatic heterocycles. The van der Waals surface area contributed by atoms with E-state index in [9.17, 15) is 0 Å². The van der Waals surface area contributed by atoms with Crippen LogP contribution in [0.25, 0.3) is 11.6 Å². The van der Waals surface area contributed by atoms with Crippen LogP contribution in [0.5, 0.6) is 0 Å². The van der Waals surface area contributed by atoms with Crippen molar-refractivity contribution in [2.45, 2.75) is 27.2 Å². The molecule has 0 aliphatic heterocycles. The first kappa shape index (κ1) is 17.9. The summed E-state index contributed by atoms with van der Waals surface area (Å²) in [4.78, 5) is 4.07. The highest BCUT2D eigenvalue weighted by molar-refractivity contribution is 5.83. The van der Waals surface area contributed by atoms with Gasteiger partial charge in [-0.15, -0.1) is 0 Å². The average molecular weight is 293 g/mol. The summed E-state index contributed by atoms with van der Waals surface area (Å²) in [5.41, 5.74) is 4.76. The number of benzene rings is 1. The van der Waals surface area contributed by atoms with Gasteiger partial charge in [0.1, 0.15) is 0 Å². The summed E-state index contributed by atoms with van der Waals surface area (Å²) in [6, 6.07) is 8.51. The third-order valence-electron chi connectivity index (χ3n) is 3.14. The van der Waals surface area contributed by atoms with Gasteiger partial charge in [-0.25, -0.2) is 0 Å². The van der Waals surface area contributed by atoms with Gasteiger partial charge in [-0.1, -0.05) is 82.5 Å². The van der Waals surface area contributed by atoms with Crippen LogP contribution in [0.2, 0.25) is 0 Å². The van der Waals surface area contributed by atoms with Crippen molar-refractivity contribution < 1.29 is 0 Å². The molecule has 1 aromatic rings. The Bertz CT molecular complexity index is 590. The van der Waals surface area contributed by atoms with Crippen LogP contribution in [0.4, 0.5) is 0 Å². The van der Waals surface area contributed by atoms with Crippen molar-refractivity contribution in [1.82, 2.24) is 0 Å². The molecule has 1 aromatic carbocycles. The maximum absolute atomic E-state index is 4.19. The van der Waals surface area contributed by atoms with Crippen molar-refractivity contribution in [3.8, 4) is 0 Å². The lowest BCUT2D eigenvalue weighted by atomic mass is 9.94. The van der Waals surface area contributed by atoms with Crippen LogP contribution in [-0.2, 0) is 0 Å². The Hall–Kier alpha value is -2.15. The van der Waals surface area contributed by atoms with Gasteiger partial charge in [0.25, 0.3) is 0 Å². The second-order valence-electron chi connectivity index (χ2n) is 6.47. The van der Waals surface area contributed by atoms with Crippen molar-refractivity contribution in [3.05, 3.63) is 72.4 Å². The van der Waals surface area contributed by atoms with Crippen LogP contribution in [-0.4, -0.2) is 13.3 Å². The molecule has 0 atom stereocenters. The van der Waals surface area contributed by atoms with Gasteiger partial charge in [0.15, 0.2) is 0 Å². The molecule has 116 valence electrons. The first-order valence-corrected chi connectivity index (χ1v) is 7.57. The van der Waals surface area contributed by atoms with E-state index in [1.54, 1.807) is 13.1 Å². The topological polar surface area (TPSA) is 12.4 Å². The van der Waals surface area contributed by atoms with Gasteiger partial charge in [0.2, 0.25) is 0 Å². The second-order valence-corrected chi connectivity index (χ2v) is 6.47. The van der Waals surface area contributed by atoms with E-state index >= 15 is 0 Å². The van der Waals surface area contributed by atoms with Crippen molar-refractivity contribution in [1.29, 1.82) is 0 Å². The third kappa shape index (κ3) is 6.53. The summed E-state index contributed by atoms with van der Waals surface area (Å²) in [5.74, 6) is 0. The van der Waals surface area contributed by atoms with E-state index in [2.05, 4.69) is 75.3 Å². The summed E-state index contributed by atoms with van der Waals surface area (Å²) in [6.45, 7) is 14.5. The fourth-order valence-electron chi connectivity index (χ4n) is 1.99. The minimum Gasteiger partial charge on any atom is -0.296 e. The molecule has 22 heavy (non-hydrogen) atoms. The van der Waals surface area contributed by atoms with Crippen molar-refractivity contribution >= 4 is 17.9 Å². The minimum atomic E-state index is 0.201. The van der Waals surface area contributed by atoms with E-state index in [-0.39, 0.29) is 5.41 Å². The van der Waals surface area contributed by atoms with E-state index in [4.69, 9.17) is 0 Å². The Morgan fingerprint density at radius 2 is 1.82 bits per heavy atom. The fraction of sp³-hybridized carbons (Fsp3) is 0.286. The molecular formula is C21H27N. The average Bonchev–Trinajstić information content (AvgIpc) is 2.45. The lowest BCUT2D eigenvalue weighted by molar-refractivity contribution is 0.547. The lowest BCUT2D eigenvalue weighted by Crippen LogP contribution is -1.97. The van der Waals surface area contributed by atoms with Crippen LogP contribution in [0.15, 0.2) is 66.2 Å². The number of aliphatic imine (C=N–C) groups is 1. The SMILES string of the molecule is C=C/C=C(\C=NC)CC(=C)c1ccc(/C=C/C(C)(C)C)cc1. The van der Waals surface area contributed by atoms with E-state index < -0.39 is 0 Å². The van der Waals surface area contributed by atoms with Crippen molar-refractivity contribution in [2.75, 3.05) is 7.05 Å². The first-order valence-electron chi connectivity index (χ1n) is 7.57. The van der Waals surface area contributed by atoms with E-state index in [0.29, 0.717) is 0 Å². The highest BCUT2D eigenvalue weighted by Gasteiger charge is 2.04. The van der Waals surface area contributed by atoms with Gasteiger partial charge in [-0.05, 0) is 34.1 Å². The predicted octanol–water partition coefficient (Wildman–Crippen LogP) is 5.96. The Kier molecular flexibility index (Phi) is 6.78. The quantitative estimate of drug-likeness (QED) is 0.453. The monoisotopic (exact) mass is 293 g/mol. The smallest absolute Gasteiger partial charge is 0.0277 e. The molecule has 0 amide bonds. The second kappa shape index (κ2) is 8.33. The van der Waals surface area contributed by atoms with Gasteiger partial charge in [-0.2, -0.15) is 0 Å². The molecule has 0 heterocycles. The maximum Gasteiger partial charge on any atom is 0.0277 e. The molecule has 0 saturated heterocycles. The van der Waals surface area contributed by atoms with Crippen LogP contribution in [0.3, 0.4) is 0 Å². The number of hydrogen-bond donors (Lipinski definition) is 0. The molecule has 1 rings (SSSR count). The Balaban J connectivity index is 2.82. The first-order chi connectivity index (χ1) is 10.4. The zero-order valence-corrected chi connectivity index (χ0v) is 14.3. The molecule has 1 nitrogen and oxygen atoms in total. The van der Waals surface area contributed by atoms with Crippen LogP contribution in [0, 0.1) is 5.41 Å². The standard InChI is InChI=1S/C21H27N/c1-7-8-19(16-22-6)15-17(2)20-11-9-18(10-12-20)13-14-21(3,4)5/h7-14,16H,1-2,15H2,3-6H3/b14-13+,19-8-,22-16?. The minimum absolute atomic E-state index is 0.201. The fourth-order valence-corrected chi connectivity index (χ4v) is 1.99. The molecule has 0 aliphatic carbocycles. The maximum atomic E-state index is 4.19. The van der Waals surface area contributed by atoms with Gasteiger partial charge in [0, 0.05) is 13.3 Å². The number of allylic oxidation sites excluding steroid dienone is 5. The molecule has 0 fully saturated rings. The zero-order valence-electron chi connectivity index (χ0n) is 14.3. The molecule has 0 unspecified atom stereocenters. The zero-order chi connectivity index (χ0) is 16.6. The van der Waals surface area contributed by atoms with Crippen molar-refractivity contribution in [3.63, 3.8) is 0 Å². The van der Waals surface area contributed by atoms with Crippen LogP contribution in [0.1, 0.15) is 38.3 Å². The van der Waals surface area contributed by atoms with Gasteiger partial charge < -0.3 is 0 Å². The number of nitrogens with zero attached hydrogens (tertiary/aromatic N) is 1. The van der Waals surface area contributed by atoms with Gasteiger partial charge >= 0.3 is 0 Å². The summed E-state index contributed by atoms with van der Waals surface area (Å²) in [6.07, 6.45) is 10.8. The Labute approximate surface area is 135 Å². The number of hydrogen-bond acceptors (Lipinski definition) is 1. The molecule has 0 spiro atoms. The summed E-state index contributed by atoms with van der Waals surface area (Å²) < 4.78 is 0. The third-order valence-corrected chi connectivity index (χ3v) is 3.14. The van der Waals surface area contributed by atoms with Gasteiger partial charge in [-0.3, -0.25) is 4.99 Å². The Morgan fingerprint density at radius 3 is 2.32 bits per heavy atom. The predicted molar refractivity (Wildman–Crippen MR) is 101 cm³/mol. The highest BCUT2D eigenvalue weighted by atomic mass is 14.6. The molecule has 0 N–H and O–H groups in total. The highest BCUT2D eigenvalue weighted by Crippen LogP contribution is 2.22. The molecule has 0 aliphatic rings.